The topological polar surface area (TPSA) is 64.9 Å². The lowest BCUT2D eigenvalue weighted by atomic mass is 10.1. The summed E-state index contributed by atoms with van der Waals surface area (Å²) in [5.41, 5.74) is 4.45. The van der Waals surface area contributed by atoms with Crippen LogP contribution in [0.15, 0.2) is 48.5 Å². The maximum atomic E-state index is 9.66. The van der Waals surface area contributed by atoms with Gasteiger partial charge >= 0.3 is 0 Å². The normalized spacial score (nSPS) is 15.3. The van der Waals surface area contributed by atoms with Crippen molar-refractivity contribution in [3.05, 3.63) is 59.9 Å². The van der Waals surface area contributed by atoms with Gasteiger partial charge in [-0.1, -0.05) is 30.3 Å². The van der Waals surface area contributed by atoms with Crippen molar-refractivity contribution in [3.63, 3.8) is 0 Å². The monoisotopic (exact) mass is 330 g/mol. The van der Waals surface area contributed by atoms with Gasteiger partial charge in [-0.3, -0.25) is 0 Å². The molecule has 5 nitrogen and oxygen atoms in total. The molecule has 1 fully saturated rings. The Morgan fingerprint density at radius 1 is 1.12 bits per heavy atom. The molecule has 124 valence electrons. The summed E-state index contributed by atoms with van der Waals surface area (Å²) < 4.78 is 5.44. The third-order valence-corrected chi connectivity index (χ3v) is 4.35. The molecule has 1 aliphatic heterocycles. The van der Waals surface area contributed by atoms with Gasteiger partial charge in [0, 0.05) is 18.8 Å². The lowest BCUT2D eigenvalue weighted by molar-refractivity contribution is 0.122. The van der Waals surface area contributed by atoms with Crippen molar-refractivity contribution < 1.29 is 4.74 Å². The third kappa shape index (κ3) is 3.12. The Balaban J connectivity index is 1.74. The number of para-hydroxylation sites is 3. The van der Waals surface area contributed by atoms with E-state index in [2.05, 4.69) is 27.0 Å². The first-order chi connectivity index (χ1) is 12.3. The van der Waals surface area contributed by atoms with Crippen molar-refractivity contribution in [2.75, 3.05) is 31.2 Å². The Morgan fingerprint density at radius 3 is 2.68 bits per heavy atom. The zero-order chi connectivity index (χ0) is 17.1. The number of nitrogens with zero attached hydrogens (tertiary/aromatic N) is 3. The van der Waals surface area contributed by atoms with Gasteiger partial charge in [-0.2, -0.15) is 5.26 Å². The van der Waals surface area contributed by atoms with E-state index in [1.807, 2.05) is 48.5 Å². The minimum Gasteiger partial charge on any atom is -0.378 e. The molecule has 0 aliphatic carbocycles. The van der Waals surface area contributed by atoms with Gasteiger partial charge in [0.1, 0.15) is 11.9 Å². The van der Waals surface area contributed by atoms with Crippen molar-refractivity contribution in [3.8, 4) is 6.07 Å². The molecule has 0 saturated carbocycles. The van der Waals surface area contributed by atoms with E-state index in [1.54, 1.807) is 0 Å². The van der Waals surface area contributed by atoms with Gasteiger partial charge in [-0.25, -0.2) is 4.98 Å². The number of nitriles is 1. The average Bonchev–Trinajstić information content (AvgIpc) is 3.11. The smallest absolute Gasteiger partial charge is 0.149 e. The number of ether oxygens (including phenoxy) is 1. The lowest BCUT2D eigenvalue weighted by Crippen LogP contribution is -2.36. The molecule has 1 aliphatic rings. The first kappa shape index (κ1) is 15.4. The van der Waals surface area contributed by atoms with Crippen LogP contribution in [-0.4, -0.2) is 36.3 Å². The number of hydrogen-bond donors (Lipinski definition) is 1. The minimum atomic E-state index is 0.525. The molecular weight excluding hydrogens is 312 g/mol. The summed E-state index contributed by atoms with van der Waals surface area (Å²) >= 11 is 0. The van der Waals surface area contributed by atoms with E-state index in [0.29, 0.717) is 11.4 Å². The summed E-state index contributed by atoms with van der Waals surface area (Å²) in [6.45, 7) is 3.17. The van der Waals surface area contributed by atoms with Gasteiger partial charge in [0.05, 0.1) is 29.8 Å². The number of anilines is 1. The molecule has 0 atom stereocenters. The van der Waals surface area contributed by atoms with E-state index < -0.39 is 0 Å². The second-order valence-corrected chi connectivity index (χ2v) is 5.93. The average molecular weight is 330 g/mol. The highest BCUT2D eigenvalue weighted by atomic mass is 16.5. The van der Waals surface area contributed by atoms with Crippen LogP contribution in [0.4, 0.5) is 5.69 Å². The molecule has 25 heavy (non-hydrogen) atoms. The molecule has 0 bridgehead atoms. The quantitative estimate of drug-likeness (QED) is 0.747. The van der Waals surface area contributed by atoms with E-state index in [4.69, 9.17) is 4.74 Å². The zero-order valence-corrected chi connectivity index (χ0v) is 13.8. The Labute approximate surface area is 146 Å². The highest BCUT2D eigenvalue weighted by Gasteiger charge is 2.15. The van der Waals surface area contributed by atoms with Crippen LogP contribution < -0.4 is 4.90 Å². The van der Waals surface area contributed by atoms with Crippen LogP contribution in [0, 0.1) is 11.3 Å². The number of fused-ring (bicyclic) bond motifs is 1. The summed E-state index contributed by atoms with van der Waals surface area (Å²) in [4.78, 5) is 10.1. The summed E-state index contributed by atoms with van der Waals surface area (Å²) in [6.07, 6.45) is 1.91. The zero-order valence-electron chi connectivity index (χ0n) is 13.8. The number of hydrogen-bond acceptors (Lipinski definition) is 4. The molecule has 5 heteroatoms. The fraction of sp³-hybridized carbons (Fsp3) is 0.200. The number of rotatable bonds is 3. The van der Waals surface area contributed by atoms with Crippen molar-refractivity contribution in [2.45, 2.75) is 0 Å². The first-order valence-corrected chi connectivity index (χ1v) is 8.34. The van der Waals surface area contributed by atoms with E-state index in [9.17, 15) is 5.26 Å². The molecule has 1 N–H and O–H groups in total. The van der Waals surface area contributed by atoms with Gasteiger partial charge < -0.3 is 14.6 Å². The first-order valence-electron chi connectivity index (χ1n) is 8.34. The highest BCUT2D eigenvalue weighted by molar-refractivity contribution is 5.92. The predicted molar refractivity (Wildman–Crippen MR) is 99.1 cm³/mol. The predicted octanol–water partition coefficient (Wildman–Crippen LogP) is 3.46. The molecule has 0 radical (unpaired) electrons. The van der Waals surface area contributed by atoms with Crippen LogP contribution in [0.3, 0.4) is 0 Å². The Hall–Kier alpha value is -3.10. The number of aromatic amines is 1. The van der Waals surface area contributed by atoms with Crippen LogP contribution in [0.1, 0.15) is 11.4 Å². The Bertz CT molecular complexity index is 928. The van der Waals surface area contributed by atoms with Gasteiger partial charge in [-0.05, 0) is 29.8 Å². The molecule has 0 unspecified atom stereocenters. The molecule has 0 amide bonds. The van der Waals surface area contributed by atoms with Crippen molar-refractivity contribution in [1.82, 2.24) is 9.97 Å². The fourth-order valence-electron chi connectivity index (χ4n) is 3.09. The van der Waals surface area contributed by atoms with Gasteiger partial charge in [0.25, 0.3) is 0 Å². The molecule has 4 rings (SSSR count). The van der Waals surface area contributed by atoms with E-state index in [1.165, 1.54) is 0 Å². The maximum Gasteiger partial charge on any atom is 0.149 e. The minimum absolute atomic E-state index is 0.525. The summed E-state index contributed by atoms with van der Waals surface area (Å²) in [5, 5.41) is 9.66. The van der Waals surface area contributed by atoms with E-state index in [-0.39, 0.29) is 0 Å². The lowest BCUT2D eigenvalue weighted by Gasteiger charge is -2.30. The largest absolute Gasteiger partial charge is 0.378 e. The third-order valence-electron chi connectivity index (χ3n) is 4.35. The standard InChI is InChI=1S/C20H18N4O/c21-14-16(20-22-17-6-2-3-7-18(17)23-20)13-15-5-1-4-8-19(15)24-9-11-25-12-10-24/h1-8,13H,9-12H2,(H,22,23)/b16-13+. The van der Waals surface area contributed by atoms with Crippen LogP contribution in [0.5, 0.6) is 0 Å². The van der Waals surface area contributed by atoms with Crippen molar-refractivity contribution in [2.24, 2.45) is 0 Å². The molecular formula is C20H18N4O. The van der Waals surface area contributed by atoms with Crippen LogP contribution >= 0.6 is 0 Å². The van der Waals surface area contributed by atoms with E-state index in [0.717, 1.165) is 48.6 Å². The highest BCUT2D eigenvalue weighted by Crippen LogP contribution is 2.26. The molecule has 2 heterocycles. The molecule has 2 aromatic carbocycles. The SMILES string of the molecule is N#C/C(=C\c1ccccc1N1CCOCC1)c1nc2ccccc2[nH]1. The maximum absolute atomic E-state index is 9.66. The van der Waals surface area contributed by atoms with Gasteiger partial charge in [0.15, 0.2) is 0 Å². The van der Waals surface area contributed by atoms with Crippen LogP contribution in [-0.2, 0) is 4.74 Å². The van der Waals surface area contributed by atoms with Crippen LogP contribution in [0.2, 0.25) is 0 Å². The fourth-order valence-corrected chi connectivity index (χ4v) is 3.09. The summed E-state index contributed by atoms with van der Waals surface area (Å²) in [5.74, 6) is 0.598. The number of imidazole rings is 1. The number of benzene rings is 2. The number of morpholine rings is 1. The Morgan fingerprint density at radius 2 is 1.88 bits per heavy atom. The van der Waals surface area contributed by atoms with Gasteiger partial charge in [0.2, 0.25) is 0 Å². The van der Waals surface area contributed by atoms with Gasteiger partial charge in [-0.15, -0.1) is 0 Å². The second kappa shape index (κ2) is 6.80. The number of allylic oxidation sites excluding steroid dienone is 1. The summed E-state index contributed by atoms with van der Waals surface area (Å²) in [7, 11) is 0. The van der Waals surface area contributed by atoms with Crippen molar-refractivity contribution in [1.29, 1.82) is 5.26 Å². The number of aromatic nitrogens is 2. The molecule has 0 spiro atoms. The molecule has 1 saturated heterocycles. The number of H-pyrrole nitrogens is 1. The molecule has 1 aromatic heterocycles. The van der Waals surface area contributed by atoms with Crippen LogP contribution in [0.25, 0.3) is 22.7 Å². The summed E-state index contributed by atoms with van der Waals surface area (Å²) in [6, 6.07) is 18.2. The van der Waals surface area contributed by atoms with Crippen molar-refractivity contribution >= 4 is 28.4 Å². The second-order valence-electron chi connectivity index (χ2n) is 5.93. The van der Waals surface area contributed by atoms with E-state index >= 15 is 0 Å². The number of nitrogens with one attached hydrogen (secondary N) is 1. The molecule has 3 aromatic rings. The Kier molecular flexibility index (Phi) is 4.19.